The van der Waals surface area contributed by atoms with Crippen LogP contribution in [-0.4, -0.2) is 24.8 Å². The largest absolute Gasteiger partial charge is 0.396 e. The molecule has 1 aromatic carbocycles. The van der Waals surface area contributed by atoms with Crippen LogP contribution in [0.5, 0.6) is 0 Å². The van der Waals surface area contributed by atoms with Gasteiger partial charge < -0.3 is 10.4 Å². The van der Waals surface area contributed by atoms with Crippen molar-refractivity contribution in [2.24, 2.45) is 5.41 Å². The number of hydrogen-bond donors (Lipinski definition) is 2. The Hall–Kier alpha value is -0.860. The zero-order valence-corrected chi connectivity index (χ0v) is 9.29. The van der Waals surface area contributed by atoms with Crippen LogP contribution in [0.4, 0.5) is 0 Å². The maximum absolute atomic E-state index is 9.49. The molecule has 0 spiro atoms. The lowest BCUT2D eigenvalue weighted by molar-refractivity contribution is 0.143. The van der Waals surface area contributed by atoms with Crippen molar-refractivity contribution in [1.82, 2.24) is 5.32 Å². The van der Waals surface area contributed by atoms with Crippen LogP contribution in [-0.2, 0) is 6.42 Å². The summed E-state index contributed by atoms with van der Waals surface area (Å²) in [5.41, 5.74) is 2.70. The summed E-state index contributed by atoms with van der Waals surface area (Å²) in [6, 6.07) is 8.63. The predicted octanol–water partition coefficient (Wildman–Crippen LogP) is 1.51. The molecule has 1 heterocycles. The van der Waals surface area contributed by atoms with E-state index in [1.807, 2.05) is 0 Å². The molecule has 82 valence electrons. The van der Waals surface area contributed by atoms with Crippen molar-refractivity contribution in [3.63, 3.8) is 0 Å². The lowest BCUT2D eigenvalue weighted by Crippen LogP contribution is -2.30. The molecule has 0 aliphatic carbocycles. The first-order valence-corrected chi connectivity index (χ1v) is 5.61. The van der Waals surface area contributed by atoms with Gasteiger partial charge in [-0.05, 0) is 31.9 Å². The van der Waals surface area contributed by atoms with Gasteiger partial charge in [-0.15, -0.1) is 0 Å². The number of hydrogen-bond acceptors (Lipinski definition) is 2. The summed E-state index contributed by atoms with van der Waals surface area (Å²) in [4.78, 5) is 0. The molecule has 1 unspecified atom stereocenters. The van der Waals surface area contributed by atoms with Gasteiger partial charge in [0.15, 0.2) is 0 Å². The molecular weight excluding hydrogens is 186 g/mol. The quantitative estimate of drug-likeness (QED) is 0.784. The monoisotopic (exact) mass is 205 g/mol. The van der Waals surface area contributed by atoms with Crippen LogP contribution in [0, 0.1) is 12.3 Å². The molecule has 1 aromatic rings. The molecule has 0 amide bonds. The summed E-state index contributed by atoms with van der Waals surface area (Å²) in [5.74, 6) is 0. The average Bonchev–Trinajstić information content (AvgIpc) is 2.71. The minimum absolute atomic E-state index is 0.0786. The summed E-state index contributed by atoms with van der Waals surface area (Å²) in [7, 11) is 0. The second-order valence-electron chi connectivity index (χ2n) is 4.75. The van der Waals surface area contributed by atoms with Crippen molar-refractivity contribution >= 4 is 0 Å². The number of aliphatic hydroxyl groups is 1. The molecule has 2 rings (SSSR count). The summed E-state index contributed by atoms with van der Waals surface area (Å²) in [5, 5.41) is 12.8. The fraction of sp³-hybridized carbons (Fsp3) is 0.538. The van der Waals surface area contributed by atoms with Crippen LogP contribution in [0.2, 0.25) is 0 Å². The Morgan fingerprint density at radius 1 is 1.33 bits per heavy atom. The smallest absolute Gasteiger partial charge is 0.0503 e. The molecule has 1 saturated heterocycles. The van der Waals surface area contributed by atoms with Crippen molar-refractivity contribution in [3.05, 3.63) is 35.4 Å². The first kappa shape index (κ1) is 10.7. The Bertz CT molecular complexity index is 312. The molecule has 1 aliphatic rings. The van der Waals surface area contributed by atoms with E-state index >= 15 is 0 Å². The standard InChI is InChI=1S/C13H19NO/c1-11-2-4-12(5-3-11)8-13(10-15)6-7-14-9-13/h2-5,14-15H,6-10H2,1H3. The van der Waals surface area contributed by atoms with E-state index in [1.54, 1.807) is 0 Å². The Labute approximate surface area is 91.3 Å². The van der Waals surface area contributed by atoms with E-state index in [4.69, 9.17) is 0 Å². The van der Waals surface area contributed by atoms with Crippen LogP contribution in [0.25, 0.3) is 0 Å². The van der Waals surface area contributed by atoms with E-state index in [0.29, 0.717) is 0 Å². The van der Waals surface area contributed by atoms with Gasteiger partial charge in [0.2, 0.25) is 0 Å². The van der Waals surface area contributed by atoms with Gasteiger partial charge in [0.05, 0.1) is 6.61 Å². The number of nitrogens with one attached hydrogen (secondary N) is 1. The number of benzene rings is 1. The molecule has 0 saturated carbocycles. The summed E-state index contributed by atoms with van der Waals surface area (Å²) in [6.45, 7) is 4.36. The van der Waals surface area contributed by atoms with Gasteiger partial charge in [-0.25, -0.2) is 0 Å². The van der Waals surface area contributed by atoms with Crippen LogP contribution in [0.1, 0.15) is 17.5 Å². The third-order valence-corrected chi connectivity index (χ3v) is 3.37. The van der Waals surface area contributed by atoms with Crippen LogP contribution >= 0.6 is 0 Å². The number of aliphatic hydroxyl groups excluding tert-OH is 1. The Morgan fingerprint density at radius 2 is 2.07 bits per heavy atom. The maximum atomic E-state index is 9.49. The van der Waals surface area contributed by atoms with Crippen LogP contribution in [0.3, 0.4) is 0 Å². The topological polar surface area (TPSA) is 32.3 Å². The SMILES string of the molecule is Cc1ccc(CC2(CO)CCNC2)cc1. The van der Waals surface area contributed by atoms with Gasteiger partial charge in [-0.1, -0.05) is 29.8 Å². The van der Waals surface area contributed by atoms with Crippen LogP contribution < -0.4 is 5.32 Å². The minimum Gasteiger partial charge on any atom is -0.396 e. The highest BCUT2D eigenvalue weighted by atomic mass is 16.3. The first-order chi connectivity index (χ1) is 7.24. The Morgan fingerprint density at radius 3 is 2.60 bits per heavy atom. The summed E-state index contributed by atoms with van der Waals surface area (Å²) in [6.07, 6.45) is 2.06. The van der Waals surface area contributed by atoms with E-state index in [9.17, 15) is 5.11 Å². The zero-order chi connectivity index (χ0) is 10.7. The van der Waals surface area contributed by atoms with Gasteiger partial charge in [0, 0.05) is 12.0 Å². The Balaban J connectivity index is 2.09. The lowest BCUT2D eigenvalue weighted by Gasteiger charge is -2.25. The predicted molar refractivity (Wildman–Crippen MR) is 61.9 cm³/mol. The van der Waals surface area contributed by atoms with Crippen molar-refractivity contribution in [3.8, 4) is 0 Å². The molecule has 2 nitrogen and oxygen atoms in total. The number of aryl methyl sites for hydroxylation is 1. The highest BCUT2D eigenvalue weighted by Gasteiger charge is 2.32. The third-order valence-electron chi connectivity index (χ3n) is 3.37. The fourth-order valence-corrected chi connectivity index (χ4v) is 2.28. The first-order valence-electron chi connectivity index (χ1n) is 5.61. The molecule has 2 N–H and O–H groups in total. The molecule has 0 radical (unpaired) electrons. The highest BCUT2D eigenvalue weighted by Crippen LogP contribution is 2.29. The molecule has 1 atom stereocenters. The lowest BCUT2D eigenvalue weighted by atomic mass is 9.81. The maximum Gasteiger partial charge on any atom is 0.0503 e. The van der Waals surface area contributed by atoms with E-state index in [2.05, 4.69) is 36.5 Å². The zero-order valence-electron chi connectivity index (χ0n) is 9.29. The van der Waals surface area contributed by atoms with E-state index < -0.39 is 0 Å². The van der Waals surface area contributed by atoms with Crippen LogP contribution in [0.15, 0.2) is 24.3 Å². The normalized spacial score (nSPS) is 25.7. The summed E-state index contributed by atoms with van der Waals surface area (Å²) < 4.78 is 0. The fourth-order valence-electron chi connectivity index (χ4n) is 2.28. The molecule has 2 heteroatoms. The molecule has 0 aromatic heterocycles. The van der Waals surface area contributed by atoms with Gasteiger partial charge >= 0.3 is 0 Å². The van der Waals surface area contributed by atoms with Gasteiger partial charge in [0.1, 0.15) is 0 Å². The van der Waals surface area contributed by atoms with Crippen molar-refractivity contribution in [2.75, 3.05) is 19.7 Å². The highest BCUT2D eigenvalue weighted by molar-refractivity contribution is 5.22. The van der Waals surface area contributed by atoms with Crippen molar-refractivity contribution < 1.29 is 5.11 Å². The molecule has 1 fully saturated rings. The third kappa shape index (κ3) is 2.39. The van der Waals surface area contributed by atoms with Gasteiger partial charge in [0.25, 0.3) is 0 Å². The molecular formula is C13H19NO. The minimum atomic E-state index is 0.0786. The summed E-state index contributed by atoms with van der Waals surface area (Å²) >= 11 is 0. The van der Waals surface area contributed by atoms with E-state index in [1.165, 1.54) is 11.1 Å². The molecule has 0 bridgehead atoms. The van der Waals surface area contributed by atoms with Crippen molar-refractivity contribution in [1.29, 1.82) is 0 Å². The van der Waals surface area contributed by atoms with Gasteiger partial charge in [-0.3, -0.25) is 0 Å². The second kappa shape index (κ2) is 4.33. The molecule has 15 heavy (non-hydrogen) atoms. The van der Waals surface area contributed by atoms with E-state index in [0.717, 1.165) is 25.9 Å². The number of rotatable bonds is 3. The average molecular weight is 205 g/mol. The second-order valence-corrected chi connectivity index (χ2v) is 4.75. The molecule has 1 aliphatic heterocycles. The Kier molecular flexibility index (Phi) is 3.08. The van der Waals surface area contributed by atoms with E-state index in [-0.39, 0.29) is 12.0 Å². The van der Waals surface area contributed by atoms with Gasteiger partial charge in [-0.2, -0.15) is 0 Å². The van der Waals surface area contributed by atoms with Crippen molar-refractivity contribution in [2.45, 2.75) is 19.8 Å².